The highest BCUT2D eigenvalue weighted by molar-refractivity contribution is 6.31. The summed E-state index contributed by atoms with van der Waals surface area (Å²) < 4.78 is 10.4. The first-order valence-electron chi connectivity index (χ1n) is 6.99. The van der Waals surface area contributed by atoms with Crippen LogP contribution in [0.3, 0.4) is 0 Å². The molecule has 1 unspecified atom stereocenters. The lowest BCUT2D eigenvalue weighted by atomic mass is 9.82. The molecule has 0 fully saturated rings. The van der Waals surface area contributed by atoms with Crippen molar-refractivity contribution >= 4 is 17.3 Å². The summed E-state index contributed by atoms with van der Waals surface area (Å²) in [6.07, 6.45) is -0.628. The Morgan fingerprint density at radius 1 is 1.09 bits per heavy atom. The first kappa shape index (κ1) is 15.1. The minimum absolute atomic E-state index is 0.00885. The van der Waals surface area contributed by atoms with Crippen LogP contribution < -0.4 is 10.5 Å². The van der Waals surface area contributed by atoms with Crippen molar-refractivity contribution < 1.29 is 24.2 Å². The maximum absolute atomic E-state index is 12.7. The number of rotatable bonds is 3. The molecule has 0 aromatic heterocycles. The minimum atomic E-state index is -0.628. The van der Waals surface area contributed by atoms with Gasteiger partial charge in [0.05, 0.1) is 16.8 Å². The summed E-state index contributed by atoms with van der Waals surface area (Å²) in [5.74, 6) is -1.11. The molecule has 0 bridgehead atoms. The highest BCUT2D eigenvalue weighted by Gasteiger charge is 2.35. The van der Waals surface area contributed by atoms with Crippen molar-refractivity contribution in [2.45, 2.75) is 13.2 Å². The van der Waals surface area contributed by atoms with Gasteiger partial charge in [-0.05, 0) is 6.92 Å². The molecule has 1 atom stereocenters. The third kappa shape index (κ3) is 2.24. The Balaban J connectivity index is 2.22. The molecule has 0 spiro atoms. The molecular weight excluding hydrogens is 298 g/mol. The Hall–Kier alpha value is -2.86. The first-order chi connectivity index (χ1) is 11.0. The number of nitrogen functional groups attached to an aromatic ring is 1. The van der Waals surface area contributed by atoms with Gasteiger partial charge < -0.3 is 20.3 Å². The van der Waals surface area contributed by atoms with E-state index in [4.69, 9.17) is 15.2 Å². The number of hydrogen-bond donors (Lipinski definition) is 2. The van der Waals surface area contributed by atoms with Crippen LogP contribution in [0.2, 0.25) is 0 Å². The molecule has 3 rings (SSSR count). The summed E-state index contributed by atoms with van der Waals surface area (Å²) >= 11 is 0. The second-order valence-corrected chi connectivity index (χ2v) is 5.18. The Bertz CT molecular complexity index is 828. The van der Waals surface area contributed by atoms with Gasteiger partial charge in [0.25, 0.3) is 0 Å². The van der Waals surface area contributed by atoms with E-state index in [2.05, 4.69) is 0 Å². The van der Waals surface area contributed by atoms with Crippen LogP contribution in [-0.4, -0.2) is 30.1 Å². The molecule has 118 valence electrons. The smallest absolute Gasteiger partial charge is 0.198 e. The highest BCUT2D eigenvalue weighted by atomic mass is 16.7. The molecule has 0 aliphatic heterocycles. The van der Waals surface area contributed by atoms with Crippen LogP contribution in [0, 0.1) is 0 Å². The Labute approximate surface area is 132 Å². The van der Waals surface area contributed by atoms with E-state index in [1.54, 1.807) is 31.2 Å². The van der Waals surface area contributed by atoms with E-state index >= 15 is 0 Å². The van der Waals surface area contributed by atoms with E-state index in [1.165, 1.54) is 13.2 Å². The van der Waals surface area contributed by atoms with Gasteiger partial charge in [-0.2, -0.15) is 0 Å². The van der Waals surface area contributed by atoms with Gasteiger partial charge >= 0.3 is 0 Å². The van der Waals surface area contributed by atoms with Gasteiger partial charge in [-0.1, -0.05) is 24.3 Å². The number of hydrogen-bond acceptors (Lipinski definition) is 6. The number of nitrogens with two attached hydrogens (primary N) is 1. The van der Waals surface area contributed by atoms with Crippen molar-refractivity contribution in [1.82, 2.24) is 0 Å². The number of benzene rings is 2. The zero-order chi connectivity index (χ0) is 16.7. The SMILES string of the molecule is COC(C)Oc1cc(O)c2c(c1N)C(=O)c1ccccc1C2=O. The van der Waals surface area contributed by atoms with Crippen LogP contribution in [0.4, 0.5) is 5.69 Å². The lowest BCUT2D eigenvalue weighted by Crippen LogP contribution is -2.23. The molecule has 0 saturated carbocycles. The maximum atomic E-state index is 12.7. The highest BCUT2D eigenvalue weighted by Crippen LogP contribution is 2.41. The predicted octanol–water partition coefficient (Wildman–Crippen LogP) is 2.12. The van der Waals surface area contributed by atoms with Crippen LogP contribution >= 0.6 is 0 Å². The second-order valence-electron chi connectivity index (χ2n) is 5.18. The second kappa shape index (κ2) is 5.40. The number of aromatic hydroxyl groups is 1. The maximum Gasteiger partial charge on any atom is 0.198 e. The average molecular weight is 313 g/mol. The fourth-order valence-corrected chi connectivity index (χ4v) is 2.60. The summed E-state index contributed by atoms with van der Waals surface area (Å²) in [5, 5.41) is 10.2. The largest absolute Gasteiger partial charge is 0.507 e. The van der Waals surface area contributed by atoms with Gasteiger partial charge in [-0.25, -0.2) is 0 Å². The molecule has 2 aromatic rings. The number of carbonyl (C=O) groups excluding carboxylic acids is 2. The van der Waals surface area contributed by atoms with Gasteiger partial charge in [0.2, 0.25) is 0 Å². The monoisotopic (exact) mass is 313 g/mol. The lowest BCUT2D eigenvalue weighted by Gasteiger charge is -2.22. The van der Waals surface area contributed by atoms with E-state index in [0.29, 0.717) is 0 Å². The van der Waals surface area contributed by atoms with Crippen LogP contribution in [0.25, 0.3) is 0 Å². The summed E-state index contributed by atoms with van der Waals surface area (Å²) in [6, 6.07) is 7.65. The number of phenolic OH excluding ortho intramolecular Hbond substituents is 1. The van der Waals surface area contributed by atoms with E-state index in [9.17, 15) is 14.7 Å². The average Bonchev–Trinajstić information content (AvgIpc) is 2.55. The molecule has 1 aliphatic carbocycles. The molecule has 6 nitrogen and oxygen atoms in total. The minimum Gasteiger partial charge on any atom is -0.507 e. The number of ether oxygens (including phenoxy) is 2. The van der Waals surface area contributed by atoms with Gasteiger partial charge in [-0.15, -0.1) is 0 Å². The van der Waals surface area contributed by atoms with Crippen molar-refractivity contribution in [3.8, 4) is 11.5 Å². The molecule has 6 heteroatoms. The van der Waals surface area contributed by atoms with Gasteiger partial charge in [0.1, 0.15) is 11.5 Å². The molecule has 3 N–H and O–H groups in total. The molecule has 1 aliphatic rings. The Morgan fingerprint density at radius 3 is 2.22 bits per heavy atom. The Morgan fingerprint density at radius 2 is 1.65 bits per heavy atom. The van der Waals surface area contributed by atoms with Crippen LogP contribution in [0.15, 0.2) is 30.3 Å². The van der Waals surface area contributed by atoms with Crippen molar-refractivity contribution in [3.05, 3.63) is 52.6 Å². The number of anilines is 1. The van der Waals surface area contributed by atoms with Crippen molar-refractivity contribution in [2.24, 2.45) is 0 Å². The fourth-order valence-electron chi connectivity index (χ4n) is 2.60. The molecular formula is C17H15NO5. The number of phenols is 1. The first-order valence-corrected chi connectivity index (χ1v) is 6.99. The van der Waals surface area contributed by atoms with Crippen LogP contribution in [0.5, 0.6) is 11.5 Å². The fraction of sp³-hybridized carbons (Fsp3) is 0.176. The van der Waals surface area contributed by atoms with E-state index in [1.807, 2.05) is 0 Å². The van der Waals surface area contributed by atoms with E-state index in [-0.39, 0.29) is 39.4 Å². The third-order valence-electron chi connectivity index (χ3n) is 3.80. The van der Waals surface area contributed by atoms with Gasteiger partial charge in [0.15, 0.2) is 17.9 Å². The quantitative estimate of drug-likeness (QED) is 0.436. The van der Waals surface area contributed by atoms with E-state index in [0.717, 1.165) is 0 Å². The van der Waals surface area contributed by atoms with Gasteiger partial charge in [-0.3, -0.25) is 9.59 Å². The summed E-state index contributed by atoms with van der Waals surface area (Å²) in [5.41, 5.74) is 6.41. The topological polar surface area (TPSA) is 98.8 Å². The zero-order valence-electron chi connectivity index (χ0n) is 12.6. The zero-order valence-corrected chi connectivity index (χ0v) is 12.6. The van der Waals surface area contributed by atoms with Crippen LogP contribution in [-0.2, 0) is 4.74 Å². The number of methoxy groups -OCH3 is 1. The summed E-state index contributed by atoms with van der Waals surface area (Å²) in [6.45, 7) is 1.64. The Kier molecular flexibility index (Phi) is 3.54. The molecule has 0 amide bonds. The number of ketones is 2. The third-order valence-corrected chi connectivity index (χ3v) is 3.80. The molecule has 0 saturated heterocycles. The number of carbonyl (C=O) groups is 2. The van der Waals surface area contributed by atoms with Crippen molar-refractivity contribution in [1.29, 1.82) is 0 Å². The summed E-state index contributed by atoms with van der Waals surface area (Å²) in [4.78, 5) is 25.3. The molecule has 2 aromatic carbocycles. The molecule has 23 heavy (non-hydrogen) atoms. The standard InChI is InChI=1S/C17H15NO5/c1-8(22-2)23-12-7-11(19)13-14(15(12)18)17(21)10-6-4-3-5-9(10)16(13)20/h3-8,19H,18H2,1-2H3. The van der Waals surface area contributed by atoms with E-state index < -0.39 is 17.9 Å². The molecule has 0 radical (unpaired) electrons. The van der Waals surface area contributed by atoms with Crippen LogP contribution in [0.1, 0.15) is 38.8 Å². The summed E-state index contributed by atoms with van der Waals surface area (Å²) in [7, 11) is 1.45. The van der Waals surface area contributed by atoms with Gasteiger partial charge in [0, 0.05) is 24.3 Å². The lowest BCUT2D eigenvalue weighted by molar-refractivity contribution is -0.0379. The van der Waals surface area contributed by atoms with Crippen molar-refractivity contribution in [3.63, 3.8) is 0 Å². The normalized spacial score (nSPS) is 14.2. The van der Waals surface area contributed by atoms with Crippen molar-refractivity contribution in [2.75, 3.05) is 12.8 Å². The predicted molar refractivity (Wildman–Crippen MR) is 82.9 cm³/mol. The number of fused-ring (bicyclic) bond motifs is 2. The molecule has 0 heterocycles.